The van der Waals surface area contributed by atoms with Crippen LogP contribution in [-0.4, -0.2) is 63.7 Å². The van der Waals surface area contributed by atoms with E-state index in [-0.39, 0.29) is 17.5 Å². The number of aliphatic carboxylic acids is 2. The van der Waals surface area contributed by atoms with Gasteiger partial charge >= 0.3 is 11.9 Å². The van der Waals surface area contributed by atoms with Gasteiger partial charge in [0.25, 0.3) is 5.69 Å². The van der Waals surface area contributed by atoms with Crippen molar-refractivity contribution in [2.75, 3.05) is 19.6 Å². The van der Waals surface area contributed by atoms with Crippen molar-refractivity contribution in [3.63, 3.8) is 0 Å². The zero-order chi connectivity index (χ0) is 31.7. The second-order valence-corrected chi connectivity index (χ2v) is 12.7. The van der Waals surface area contributed by atoms with Crippen LogP contribution >= 0.6 is 0 Å². The van der Waals surface area contributed by atoms with Gasteiger partial charge in [0, 0.05) is 35.5 Å². The van der Waals surface area contributed by atoms with Gasteiger partial charge in [-0.25, -0.2) is 0 Å². The minimum Gasteiger partial charge on any atom is -0.481 e. The number of hydrogen-bond donors (Lipinski definition) is 3. The number of nitro groups is 1. The number of benzene rings is 3. The molecule has 0 aromatic heterocycles. The molecule has 2 saturated heterocycles. The summed E-state index contributed by atoms with van der Waals surface area (Å²) in [5, 5.41) is 36.6. The summed E-state index contributed by atoms with van der Waals surface area (Å²) in [7, 11) is 0. The quantitative estimate of drug-likeness (QED) is 0.211. The fourth-order valence-corrected chi connectivity index (χ4v) is 8.04. The first-order chi connectivity index (χ1) is 21.0. The summed E-state index contributed by atoms with van der Waals surface area (Å²) < 4.78 is 0. The van der Waals surface area contributed by atoms with Crippen LogP contribution in [0.15, 0.2) is 84.9 Å². The summed E-state index contributed by atoms with van der Waals surface area (Å²) in [5.74, 6) is -3.26. The van der Waals surface area contributed by atoms with Crippen LogP contribution in [0.5, 0.6) is 0 Å². The number of carboxylic acid groups (broad SMARTS) is 2. The number of nitrogens with zero attached hydrogens (tertiary/aromatic N) is 2. The molecule has 9 heteroatoms. The highest BCUT2D eigenvalue weighted by Gasteiger charge is 2.65. The van der Waals surface area contributed by atoms with Gasteiger partial charge in [-0.1, -0.05) is 72.8 Å². The normalized spacial score (nSPS) is 28.7. The zero-order valence-electron chi connectivity index (χ0n) is 25.5. The molecule has 3 N–H and O–H groups in total. The van der Waals surface area contributed by atoms with Crippen LogP contribution in [0.4, 0.5) is 5.69 Å². The molecule has 2 heterocycles. The van der Waals surface area contributed by atoms with Gasteiger partial charge in [-0.15, -0.1) is 0 Å². The smallest absolute Gasteiger partial charge is 0.311 e. The van der Waals surface area contributed by atoms with E-state index >= 15 is 0 Å². The number of likely N-dealkylation sites (tertiary alicyclic amines) is 1. The number of hydrogen-bond acceptors (Lipinski definition) is 6. The molecule has 5 atom stereocenters. The van der Waals surface area contributed by atoms with Crippen LogP contribution in [-0.2, 0) is 15.0 Å². The lowest BCUT2D eigenvalue weighted by Crippen LogP contribution is -2.69. The maximum absolute atomic E-state index is 13.5. The van der Waals surface area contributed by atoms with E-state index in [0.29, 0.717) is 12.1 Å². The summed E-state index contributed by atoms with van der Waals surface area (Å²) in [5.41, 5.74) is -0.559. The first-order valence-electron chi connectivity index (χ1n) is 15.3. The predicted molar refractivity (Wildman–Crippen MR) is 168 cm³/mol. The van der Waals surface area contributed by atoms with Crippen LogP contribution in [0.2, 0.25) is 0 Å². The molecule has 232 valence electrons. The number of piperidine rings is 2. The van der Waals surface area contributed by atoms with Crippen LogP contribution in [0, 0.1) is 20.9 Å². The molecule has 0 bridgehead atoms. The number of carbonyl (C=O) groups is 2. The predicted octanol–water partition coefficient (Wildman–Crippen LogP) is 5.69. The van der Waals surface area contributed by atoms with E-state index in [4.69, 9.17) is 0 Å². The molecule has 3 aromatic rings. The van der Waals surface area contributed by atoms with Gasteiger partial charge < -0.3 is 20.4 Å². The SMILES string of the molecule is CC1NC(C)C(CCN2CCC(c3ccccc3)(c3ccccc3)CC2)(C(=O)O)[C@H](c2cccc([N+](=O)[O-])c2)C1(C)C(=O)O. The maximum Gasteiger partial charge on any atom is 0.311 e. The number of nitro benzene ring substituents is 1. The molecule has 0 spiro atoms. The largest absolute Gasteiger partial charge is 0.481 e. The summed E-state index contributed by atoms with van der Waals surface area (Å²) in [6.07, 6.45) is 1.89. The van der Waals surface area contributed by atoms with Gasteiger partial charge in [-0.3, -0.25) is 19.7 Å². The van der Waals surface area contributed by atoms with Crippen molar-refractivity contribution >= 4 is 17.6 Å². The van der Waals surface area contributed by atoms with Crippen molar-refractivity contribution in [3.05, 3.63) is 112 Å². The highest BCUT2D eigenvalue weighted by atomic mass is 16.6. The van der Waals surface area contributed by atoms with E-state index in [9.17, 15) is 29.9 Å². The second kappa shape index (κ2) is 12.1. The van der Waals surface area contributed by atoms with Crippen LogP contribution in [0.1, 0.15) is 62.6 Å². The average molecular weight is 600 g/mol. The number of carboxylic acids is 2. The fraction of sp³-hybridized carbons (Fsp3) is 0.429. The molecule has 2 fully saturated rings. The monoisotopic (exact) mass is 599 g/mol. The Balaban J connectivity index is 1.49. The minimum atomic E-state index is -1.54. The number of nitrogens with one attached hydrogen (secondary N) is 1. The molecular weight excluding hydrogens is 558 g/mol. The Bertz CT molecular complexity index is 1470. The molecule has 4 unspecified atom stereocenters. The van der Waals surface area contributed by atoms with Crippen molar-refractivity contribution < 1.29 is 24.7 Å². The maximum atomic E-state index is 13.5. The molecule has 2 aliphatic rings. The summed E-state index contributed by atoms with van der Waals surface area (Å²) >= 11 is 0. The van der Waals surface area contributed by atoms with E-state index in [2.05, 4.69) is 58.7 Å². The Morgan fingerprint density at radius 2 is 1.45 bits per heavy atom. The molecule has 0 amide bonds. The number of rotatable bonds is 9. The highest BCUT2D eigenvalue weighted by Crippen LogP contribution is 2.57. The first-order valence-corrected chi connectivity index (χ1v) is 15.3. The molecule has 9 nitrogen and oxygen atoms in total. The van der Waals surface area contributed by atoms with Crippen molar-refractivity contribution in [1.29, 1.82) is 0 Å². The summed E-state index contributed by atoms with van der Waals surface area (Å²) in [4.78, 5) is 39.9. The lowest BCUT2D eigenvalue weighted by Gasteiger charge is -2.56. The third-order valence-electron chi connectivity index (χ3n) is 10.8. The van der Waals surface area contributed by atoms with Gasteiger partial charge in [0.15, 0.2) is 0 Å². The molecular formula is C35H41N3O6. The second-order valence-electron chi connectivity index (χ2n) is 12.7. The minimum absolute atomic E-state index is 0.161. The standard InChI is InChI=1S/C35H41N3O6/c1-24-33(3,31(39)40)30(26-11-10-16-29(23-26)38(43)44)35(32(41)42,25(2)36-24)19-22-37-20-17-34(18-21-37,27-12-6-4-7-13-27)28-14-8-5-9-15-28/h4-16,23-25,30,36H,17-22H2,1-3H3,(H,39,40)(H,41,42)/t24?,25?,30-,33?,35?/m1/s1. The van der Waals surface area contributed by atoms with Crippen molar-refractivity contribution in [2.45, 2.75) is 63.5 Å². The highest BCUT2D eigenvalue weighted by molar-refractivity contribution is 5.84. The average Bonchev–Trinajstić information content (AvgIpc) is 3.03. The molecule has 2 aliphatic heterocycles. The summed E-state index contributed by atoms with van der Waals surface area (Å²) in [6.45, 7) is 7.05. The Labute approximate surface area is 258 Å². The Hall–Kier alpha value is -4.08. The molecule has 0 radical (unpaired) electrons. The van der Waals surface area contributed by atoms with E-state index in [1.807, 2.05) is 12.1 Å². The molecule has 44 heavy (non-hydrogen) atoms. The molecule has 0 saturated carbocycles. The molecule has 0 aliphatic carbocycles. The summed E-state index contributed by atoms with van der Waals surface area (Å²) in [6, 6.07) is 25.7. The Kier molecular flexibility index (Phi) is 8.64. The first kappa shape index (κ1) is 31.3. The van der Waals surface area contributed by atoms with Gasteiger partial charge in [0.2, 0.25) is 0 Å². The van der Waals surface area contributed by atoms with Crippen molar-refractivity contribution in [3.8, 4) is 0 Å². The van der Waals surface area contributed by atoms with Crippen LogP contribution in [0.25, 0.3) is 0 Å². The Morgan fingerprint density at radius 1 is 0.886 bits per heavy atom. The molecule has 3 aromatic carbocycles. The van der Waals surface area contributed by atoms with Crippen molar-refractivity contribution in [1.82, 2.24) is 10.2 Å². The Morgan fingerprint density at radius 3 is 1.95 bits per heavy atom. The van der Waals surface area contributed by atoms with Gasteiger partial charge in [0.05, 0.1) is 15.8 Å². The third-order valence-corrected chi connectivity index (χ3v) is 10.8. The van der Waals surface area contributed by atoms with E-state index in [1.54, 1.807) is 26.8 Å². The van der Waals surface area contributed by atoms with Crippen LogP contribution < -0.4 is 5.32 Å². The van der Waals surface area contributed by atoms with Gasteiger partial charge in [0.1, 0.15) is 0 Å². The topological polar surface area (TPSA) is 133 Å². The number of non-ortho nitro benzene ring substituents is 1. The fourth-order valence-electron chi connectivity index (χ4n) is 8.04. The van der Waals surface area contributed by atoms with Crippen LogP contribution in [0.3, 0.4) is 0 Å². The van der Waals surface area contributed by atoms with E-state index < -0.39 is 45.7 Å². The van der Waals surface area contributed by atoms with Crippen molar-refractivity contribution in [2.24, 2.45) is 10.8 Å². The lowest BCUT2D eigenvalue weighted by atomic mass is 9.51. The van der Waals surface area contributed by atoms with Gasteiger partial charge in [-0.05, 0) is 76.4 Å². The lowest BCUT2D eigenvalue weighted by molar-refractivity contribution is -0.385. The zero-order valence-corrected chi connectivity index (χ0v) is 25.5. The van der Waals surface area contributed by atoms with E-state index in [1.165, 1.54) is 29.3 Å². The van der Waals surface area contributed by atoms with E-state index in [0.717, 1.165) is 25.9 Å². The van der Waals surface area contributed by atoms with Gasteiger partial charge in [-0.2, -0.15) is 0 Å². The third kappa shape index (κ3) is 5.18. The molecule has 5 rings (SSSR count).